The Kier molecular flexibility index (Phi) is 7.34. The van der Waals surface area contributed by atoms with Gasteiger partial charge in [-0.25, -0.2) is 13.1 Å². The van der Waals surface area contributed by atoms with Crippen molar-refractivity contribution in [2.75, 3.05) is 12.4 Å². The molecule has 0 aliphatic rings. The topological polar surface area (TPSA) is 92.7 Å². The van der Waals surface area contributed by atoms with Crippen molar-refractivity contribution < 1.29 is 23.1 Å². The molecule has 1 aromatic rings. The largest absolute Gasteiger partial charge is 0.508 e. The lowest BCUT2D eigenvalue weighted by Gasteiger charge is -2.17. The molecule has 0 unspecified atom stereocenters. The number of nitrogens with one attached hydrogen (secondary N) is 1. The molecule has 0 aromatic heterocycles. The van der Waals surface area contributed by atoms with Crippen molar-refractivity contribution in [3.8, 4) is 5.75 Å². The molecule has 1 aromatic carbocycles. The molecule has 0 spiro atoms. The summed E-state index contributed by atoms with van der Waals surface area (Å²) in [6, 6.07) is 5.29. The minimum atomic E-state index is -3.53. The molecule has 0 aliphatic heterocycles. The lowest BCUT2D eigenvalue weighted by molar-refractivity contribution is -0.145. The summed E-state index contributed by atoms with van der Waals surface area (Å²) < 4.78 is 31.3. The summed E-state index contributed by atoms with van der Waals surface area (Å²) in [7, 11) is -3.53. The Morgan fingerprint density at radius 3 is 2.45 bits per heavy atom. The van der Waals surface area contributed by atoms with E-state index in [2.05, 4.69) is 4.72 Å². The van der Waals surface area contributed by atoms with Crippen LogP contribution in [0.2, 0.25) is 0 Å². The van der Waals surface area contributed by atoms with Gasteiger partial charge in [-0.1, -0.05) is 25.5 Å². The fraction of sp³-hybridized carbons (Fsp3) is 0.533. The van der Waals surface area contributed by atoms with Gasteiger partial charge in [-0.2, -0.15) is 0 Å². The standard InChI is InChI=1S/C15H23NO5S/c1-3-5-10-22(19,20)16-14(15(18)21-4-2)11-12-6-8-13(17)9-7-12/h6-9,14,16-17H,3-5,10-11H2,1-2H3/t14-/m0/s1. The van der Waals surface area contributed by atoms with E-state index in [9.17, 15) is 18.3 Å². The SMILES string of the molecule is CCCCS(=O)(=O)N[C@@H](Cc1ccc(O)cc1)C(=O)OCC. The third-order valence-corrected chi connectivity index (χ3v) is 4.51. The number of carbonyl (C=O) groups is 1. The number of phenols is 1. The van der Waals surface area contributed by atoms with E-state index in [-0.39, 0.29) is 24.5 Å². The number of carbonyl (C=O) groups excluding carboxylic acids is 1. The predicted molar refractivity (Wildman–Crippen MR) is 84.1 cm³/mol. The Morgan fingerprint density at radius 2 is 1.91 bits per heavy atom. The van der Waals surface area contributed by atoms with Crippen molar-refractivity contribution in [2.45, 2.75) is 39.2 Å². The number of ether oxygens (including phenoxy) is 1. The van der Waals surface area contributed by atoms with Gasteiger partial charge in [0.15, 0.2) is 0 Å². The highest BCUT2D eigenvalue weighted by atomic mass is 32.2. The number of sulfonamides is 1. The monoisotopic (exact) mass is 329 g/mol. The molecule has 124 valence electrons. The summed E-state index contributed by atoms with van der Waals surface area (Å²) in [6.07, 6.45) is 1.46. The van der Waals surface area contributed by atoms with Gasteiger partial charge in [0.2, 0.25) is 10.0 Å². The summed E-state index contributed by atoms with van der Waals surface area (Å²) >= 11 is 0. The Balaban J connectivity index is 2.84. The summed E-state index contributed by atoms with van der Waals surface area (Å²) in [6.45, 7) is 3.75. The van der Waals surface area contributed by atoms with Crippen molar-refractivity contribution in [1.29, 1.82) is 0 Å². The zero-order valence-corrected chi connectivity index (χ0v) is 13.7. The third-order valence-electron chi connectivity index (χ3n) is 3.04. The van der Waals surface area contributed by atoms with Crippen LogP contribution in [0.5, 0.6) is 5.75 Å². The Labute approximate surface area is 131 Å². The lowest BCUT2D eigenvalue weighted by atomic mass is 10.1. The van der Waals surface area contributed by atoms with Gasteiger partial charge in [0.05, 0.1) is 12.4 Å². The molecule has 7 heteroatoms. The van der Waals surface area contributed by atoms with Crippen molar-refractivity contribution in [2.24, 2.45) is 0 Å². The quantitative estimate of drug-likeness (QED) is 0.671. The lowest BCUT2D eigenvalue weighted by Crippen LogP contribution is -2.44. The van der Waals surface area contributed by atoms with Crippen LogP contribution >= 0.6 is 0 Å². The number of unbranched alkanes of at least 4 members (excludes halogenated alkanes) is 1. The smallest absolute Gasteiger partial charge is 0.324 e. The van der Waals surface area contributed by atoms with E-state index in [4.69, 9.17) is 4.74 Å². The molecule has 2 N–H and O–H groups in total. The average molecular weight is 329 g/mol. The van der Waals surface area contributed by atoms with Crippen LogP contribution in [0.3, 0.4) is 0 Å². The van der Waals surface area contributed by atoms with Crippen LogP contribution in [0.25, 0.3) is 0 Å². The van der Waals surface area contributed by atoms with Crippen LogP contribution in [-0.4, -0.2) is 37.9 Å². The minimum Gasteiger partial charge on any atom is -0.508 e. The molecule has 0 fully saturated rings. The number of aromatic hydroxyl groups is 1. The van der Waals surface area contributed by atoms with Gasteiger partial charge in [0, 0.05) is 0 Å². The molecule has 22 heavy (non-hydrogen) atoms. The highest BCUT2D eigenvalue weighted by Gasteiger charge is 2.25. The van der Waals surface area contributed by atoms with Crippen molar-refractivity contribution >= 4 is 16.0 Å². The molecule has 0 aliphatic carbocycles. The Morgan fingerprint density at radius 1 is 1.27 bits per heavy atom. The van der Waals surface area contributed by atoms with E-state index in [0.29, 0.717) is 6.42 Å². The normalized spacial score (nSPS) is 12.8. The summed E-state index contributed by atoms with van der Waals surface area (Å²) in [5, 5.41) is 9.26. The van der Waals surface area contributed by atoms with Crippen LogP contribution in [0.4, 0.5) is 0 Å². The van der Waals surface area contributed by atoms with Gasteiger partial charge < -0.3 is 9.84 Å². The van der Waals surface area contributed by atoms with Crippen LogP contribution in [0.1, 0.15) is 32.3 Å². The minimum absolute atomic E-state index is 0.0189. The van der Waals surface area contributed by atoms with Crippen molar-refractivity contribution in [3.05, 3.63) is 29.8 Å². The molecule has 1 rings (SSSR count). The van der Waals surface area contributed by atoms with E-state index in [0.717, 1.165) is 12.0 Å². The number of phenolic OH excluding ortho intramolecular Hbond substituents is 1. The molecule has 1 atom stereocenters. The second-order valence-electron chi connectivity index (χ2n) is 4.97. The molecule has 0 radical (unpaired) electrons. The molecular formula is C15H23NO5S. The summed E-state index contributed by atoms with van der Waals surface area (Å²) in [4.78, 5) is 12.0. The number of benzene rings is 1. The number of hydrogen-bond acceptors (Lipinski definition) is 5. The van der Waals surface area contributed by atoms with Crippen molar-refractivity contribution in [3.63, 3.8) is 0 Å². The molecular weight excluding hydrogens is 306 g/mol. The highest BCUT2D eigenvalue weighted by molar-refractivity contribution is 7.89. The van der Waals surface area contributed by atoms with Gasteiger partial charge in [-0.3, -0.25) is 4.79 Å². The van der Waals surface area contributed by atoms with E-state index in [1.165, 1.54) is 12.1 Å². The number of esters is 1. The second kappa shape index (κ2) is 8.75. The van der Waals surface area contributed by atoms with Crippen LogP contribution in [0.15, 0.2) is 24.3 Å². The fourth-order valence-corrected chi connectivity index (χ4v) is 3.29. The molecule has 0 heterocycles. The zero-order valence-electron chi connectivity index (χ0n) is 12.9. The zero-order chi connectivity index (χ0) is 16.6. The molecule has 0 saturated carbocycles. The first-order valence-corrected chi connectivity index (χ1v) is 8.97. The first-order valence-electron chi connectivity index (χ1n) is 7.32. The van der Waals surface area contributed by atoms with E-state index in [1.807, 2.05) is 6.92 Å². The summed E-state index contributed by atoms with van der Waals surface area (Å²) in [5.74, 6) is -0.509. The van der Waals surface area contributed by atoms with Crippen LogP contribution in [-0.2, 0) is 26.0 Å². The van der Waals surface area contributed by atoms with Gasteiger partial charge >= 0.3 is 5.97 Å². The van der Waals surface area contributed by atoms with Crippen LogP contribution in [0, 0.1) is 0 Å². The van der Waals surface area contributed by atoms with Gasteiger partial charge in [-0.15, -0.1) is 0 Å². The van der Waals surface area contributed by atoms with Gasteiger partial charge in [0.1, 0.15) is 11.8 Å². The van der Waals surface area contributed by atoms with Crippen molar-refractivity contribution in [1.82, 2.24) is 4.72 Å². The molecule has 0 bridgehead atoms. The molecule has 6 nitrogen and oxygen atoms in total. The predicted octanol–water partition coefficient (Wildman–Crippen LogP) is 1.59. The Bertz CT molecular complexity index is 568. The Hall–Kier alpha value is -1.60. The van der Waals surface area contributed by atoms with E-state index in [1.54, 1.807) is 19.1 Å². The van der Waals surface area contributed by atoms with E-state index < -0.39 is 22.0 Å². The third kappa shape index (κ3) is 6.44. The van der Waals surface area contributed by atoms with Gasteiger partial charge in [-0.05, 0) is 37.5 Å². The number of rotatable bonds is 9. The summed E-state index contributed by atoms with van der Waals surface area (Å²) in [5.41, 5.74) is 0.731. The molecule has 0 amide bonds. The first kappa shape index (κ1) is 18.4. The average Bonchev–Trinajstić information content (AvgIpc) is 2.47. The first-order chi connectivity index (χ1) is 10.4. The highest BCUT2D eigenvalue weighted by Crippen LogP contribution is 2.12. The number of hydrogen-bond donors (Lipinski definition) is 2. The second-order valence-corrected chi connectivity index (χ2v) is 6.84. The maximum atomic E-state index is 12.0. The maximum Gasteiger partial charge on any atom is 0.324 e. The fourth-order valence-electron chi connectivity index (χ4n) is 1.89. The van der Waals surface area contributed by atoms with Crippen LogP contribution < -0.4 is 4.72 Å². The van der Waals surface area contributed by atoms with Gasteiger partial charge in [0.25, 0.3) is 0 Å². The maximum absolute atomic E-state index is 12.0. The molecule has 0 saturated heterocycles. The van der Waals surface area contributed by atoms with E-state index >= 15 is 0 Å².